The lowest BCUT2D eigenvalue weighted by Gasteiger charge is -2.16. The van der Waals surface area contributed by atoms with Crippen LogP contribution in [0.4, 0.5) is 5.69 Å². The van der Waals surface area contributed by atoms with Crippen molar-refractivity contribution in [3.63, 3.8) is 0 Å². The third-order valence-electron chi connectivity index (χ3n) is 3.44. The fourth-order valence-electron chi connectivity index (χ4n) is 2.53. The fourth-order valence-corrected chi connectivity index (χ4v) is 2.53. The van der Waals surface area contributed by atoms with Crippen molar-refractivity contribution in [3.05, 3.63) is 29.3 Å². The Kier molecular flexibility index (Phi) is 2.99. The van der Waals surface area contributed by atoms with Crippen LogP contribution < -0.4 is 5.32 Å². The van der Waals surface area contributed by atoms with Crippen LogP contribution in [0.1, 0.15) is 37.3 Å². The Morgan fingerprint density at radius 2 is 2.00 bits per heavy atom. The molecule has 0 radical (unpaired) electrons. The van der Waals surface area contributed by atoms with Gasteiger partial charge in [0.05, 0.1) is 0 Å². The van der Waals surface area contributed by atoms with Gasteiger partial charge in [-0.25, -0.2) is 0 Å². The molecule has 0 spiro atoms. The maximum atomic E-state index is 3.67. The summed E-state index contributed by atoms with van der Waals surface area (Å²) >= 11 is 0. The van der Waals surface area contributed by atoms with Crippen molar-refractivity contribution in [3.8, 4) is 0 Å². The van der Waals surface area contributed by atoms with Gasteiger partial charge in [-0.1, -0.05) is 24.6 Å². The average molecular weight is 203 g/mol. The highest BCUT2D eigenvalue weighted by Crippen LogP contribution is 2.28. The second-order valence-corrected chi connectivity index (χ2v) is 5.08. The highest BCUT2D eigenvalue weighted by atomic mass is 14.9. The number of nitrogens with one attached hydrogen (secondary N) is 1. The van der Waals surface area contributed by atoms with Crippen LogP contribution in [0.3, 0.4) is 0 Å². The summed E-state index contributed by atoms with van der Waals surface area (Å²) < 4.78 is 0. The Bertz CT molecular complexity index is 343. The first-order valence-corrected chi connectivity index (χ1v) is 5.99. The Morgan fingerprint density at radius 1 is 1.20 bits per heavy atom. The number of benzene rings is 1. The molecule has 2 atom stereocenters. The van der Waals surface area contributed by atoms with Gasteiger partial charge in [0, 0.05) is 11.7 Å². The molecule has 0 heterocycles. The number of anilines is 1. The lowest BCUT2D eigenvalue weighted by Crippen LogP contribution is -2.15. The van der Waals surface area contributed by atoms with Gasteiger partial charge in [0.25, 0.3) is 0 Å². The second-order valence-electron chi connectivity index (χ2n) is 5.08. The molecule has 1 aromatic carbocycles. The van der Waals surface area contributed by atoms with E-state index in [0.717, 1.165) is 5.92 Å². The van der Waals surface area contributed by atoms with Crippen molar-refractivity contribution in [1.29, 1.82) is 0 Å². The van der Waals surface area contributed by atoms with E-state index in [0.29, 0.717) is 6.04 Å². The predicted octanol–water partition coefficient (Wildman–Crippen LogP) is 3.90. The maximum absolute atomic E-state index is 3.67. The van der Waals surface area contributed by atoms with Gasteiger partial charge in [-0.2, -0.15) is 0 Å². The number of hydrogen-bond donors (Lipinski definition) is 1. The summed E-state index contributed by atoms with van der Waals surface area (Å²) in [7, 11) is 0. The van der Waals surface area contributed by atoms with Crippen LogP contribution >= 0.6 is 0 Å². The molecule has 1 N–H and O–H groups in total. The Hall–Kier alpha value is -0.980. The molecule has 1 aromatic rings. The van der Waals surface area contributed by atoms with Crippen LogP contribution in [0.2, 0.25) is 0 Å². The number of aryl methyl sites for hydroxylation is 2. The molecule has 1 heteroatoms. The molecule has 82 valence electrons. The lowest BCUT2D eigenvalue weighted by atomic mass is 10.1. The van der Waals surface area contributed by atoms with Gasteiger partial charge in [-0.05, 0) is 50.7 Å². The average Bonchev–Trinajstić information content (AvgIpc) is 2.56. The topological polar surface area (TPSA) is 12.0 Å². The molecule has 15 heavy (non-hydrogen) atoms. The third kappa shape index (κ3) is 2.53. The van der Waals surface area contributed by atoms with E-state index in [9.17, 15) is 0 Å². The SMILES string of the molecule is Cc1ccc(NC2CCC(C)C2)c(C)c1. The molecule has 1 aliphatic rings. The quantitative estimate of drug-likeness (QED) is 0.768. The monoisotopic (exact) mass is 203 g/mol. The first kappa shape index (κ1) is 10.5. The second kappa shape index (κ2) is 4.26. The number of rotatable bonds is 2. The van der Waals surface area contributed by atoms with Gasteiger partial charge >= 0.3 is 0 Å². The molecule has 0 saturated heterocycles. The smallest absolute Gasteiger partial charge is 0.0372 e. The predicted molar refractivity (Wildman–Crippen MR) is 66.3 cm³/mol. The number of hydrogen-bond acceptors (Lipinski definition) is 1. The van der Waals surface area contributed by atoms with Gasteiger partial charge in [-0.3, -0.25) is 0 Å². The van der Waals surface area contributed by atoms with E-state index >= 15 is 0 Å². The molecular formula is C14H21N. The zero-order valence-corrected chi connectivity index (χ0v) is 10.0. The summed E-state index contributed by atoms with van der Waals surface area (Å²) in [6.45, 7) is 6.69. The first-order valence-electron chi connectivity index (χ1n) is 5.99. The van der Waals surface area contributed by atoms with E-state index in [2.05, 4.69) is 44.3 Å². The summed E-state index contributed by atoms with van der Waals surface area (Å²) in [5, 5.41) is 3.67. The largest absolute Gasteiger partial charge is 0.382 e. The molecular weight excluding hydrogens is 182 g/mol. The zero-order valence-electron chi connectivity index (χ0n) is 10.0. The highest BCUT2D eigenvalue weighted by molar-refractivity contribution is 5.52. The van der Waals surface area contributed by atoms with E-state index in [1.165, 1.54) is 36.1 Å². The summed E-state index contributed by atoms with van der Waals surface area (Å²) in [4.78, 5) is 0. The van der Waals surface area contributed by atoms with Crippen LogP contribution in [0, 0.1) is 19.8 Å². The zero-order chi connectivity index (χ0) is 10.8. The molecule has 1 saturated carbocycles. The molecule has 0 bridgehead atoms. The van der Waals surface area contributed by atoms with Crippen LogP contribution in [0.25, 0.3) is 0 Å². The van der Waals surface area contributed by atoms with Gasteiger partial charge < -0.3 is 5.32 Å². The lowest BCUT2D eigenvalue weighted by molar-refractivity contribution is 0.602. The van der Waals surface area contributed by atoms with E-state index in [1.54, 1.807) is 0 Å². The molecule has 1 nitrogen and oxygen atoms in total. The Labute approximate surface area is 92.9 Å². The van der Waals surface area contributed by atoms with Gasteiger partial charge in [0.1, 0.15) is 0 Å². The standard InChI is InChI=1S/C14H21N/c1-10-5-7-14(12(3)8-10)15-13-6-4-11(2)9-13/h5,7-8,11,13,15H,4,6,9H2,1-3H3. The van der Waals surface area contributed by atoms with Crippen molar-refractivity contribution < 1.29 is 0 Å². The van der Waals surface area contributed by atoms with Gasteiger partial charge in [0.2, 0.25) is 0 Å². The van der Waals surface area contributed by atoms with Crippen LogP contribution in [0.15, 0.2) is 18.2 Å². The minimum Gasteiger partial charge on any atom is -0.382 e. The van der Waals surface area contributed by atoms with E-state index in [-0.39, 0.29) is 0 Å². The summed E-state index contributed by atoms with van der Waals surface area (Å²) in [6.07, 6.45) is 4.03. The van der Waals surface area contributed by atoms with Crippen molar-refractivity contribution in [1.82, 2.24) is 0 Å². The van der Waals surface area contributed by atoms with Gasteiger partial charge in [0.15, 0.2) is 0 Å². The maximum Gasteiger partial charge on any atom is 0.0372 e. The van der Waals surface area contributed by atoms with Crippen molar-refractivity contribution in [2.75, 3.05) is 5.32 Å². The van der Waals surface area contributed by atoms with E-state index in [1.807, 2.05) is 0 Å². The van der Waals surface area contributed by atoms with Gasteiger partial charge in [-0.15, -0.1) is 0 Å². The third-order valence-corrected chi connectivity index (χ3v) is 3.44. The van der Waals surface area contributed by atoms with E-state index < -0.39 is 0 Å². The van der Waals surface area contributed by atoms with Crippen molar-refractivity contribution in [2.45, 2.75) is 46.1 Å². The molecule has 0 aliphatic heterocycles. The summed E-state index contributed by atoms with van der Waals surface area (Å²) in [5.41, 5.74) is 4.03. The Balaban J connectivity index is 2.04. The summed E-state index contributed by atoms with van der Waals surface area (Å²) in [6, 6.07) is 7.35. The molecule has 0 amide bonds. The first-order chi connectivity index (χ1) is 7.15. The molecule has 1 aliphatic carbocycles. The molecule has 2 rings (SSSR count). The molecule has 1 fully saturated rings. The molecule has 2 unspecified atom stereocenters. The van der Waals surface area contributed by atoms with E-state index in [4.69, 9.17) is 0 Å². The van der Waals surface area contributed by atoms with Crippen molar-refractivity contribution in [2.24, 2.45) is 5.92 Å². The Morgan fingerprint density at radius 3 is 2.60 bits per heavy atom. The minimum absolute atomic E-state index is 0.696. The minimum atomic E-state index is 0.696. The van der Waals surface area contributed by atoms with Crippen molar-refractivity contribution >= 4 is 5.69 Å². The van der Waals surface area contributed by atoms with Crippen LogP contribution in [-0.2, 0) is 0 Å². The van der Waals surface area contributed by atoms with Crippen LogP contribution in [0.5, 0.6) is 0 Å². The molecule has 0 aromatic heterocycles. The summed E-state index contributed by atoms with van der Waals surface area (Å²) in [5.74, 6) is 0.897. The fraction of sp³-hybridized carbons (Fsp3) is 0.571. The highest BCUT2D eigenvalue weighted by Gasteiger charge is 2.21. The normalized spacial score (nSPS) is 25.5. The van der Waals surface area contributed by atoms with Crippen LogP contribution in [-0.4, -0.2) is 6.04 Å².